The van der Waals surface area contributed by atoms with Crippen molar-refractivity contribution in [3.05, 3.63) is 36.3 Å². The topological polar surface area (TPSA) is 61.7 Å². The summed E-state index contributed by atoms with van der Waals surface area (Å²) in [5.41, 5.74) is 1.69. The monoisotopic (exact) mass is 301 g/mol. The quantitative estimate of drug-likeness (QED) is 0.753. The Morgan fingerprint density at radius 3 is 3.00 bits per heavy atom. The fourth-order valence-corrected chi connectivity index (χ4v) is 2.76. The highest BCUT2D eigenvalue weighted by Crippen LogP contribution is 2.05. The number of hydrogen-bond donors (Lipinski definition) is 2. The molecule has 0 aromatic carbocycles. The highest BCUT2D eigenvalue weighted by atomic mass is 16.1. The van der Waals surface area contributed by atoms with Crippen molar-refractivity contribution in [2.45, 2.75) is 12.8 Å². The molecule has 3 heterocycles. The minimum Gasteiger partial charge on any atom is -0.356 e. The van der Waals surface area contributed by atoms with Gasteiger partial charge in [-0.2, -0.15) is 0 Å². The van der Waals surface area contributed by atoms with Gasteiger partial charge in [-0.3, -0.25) is 4.79 Å². The number of hydrogen-bond acceptors (Lipinski definition) is 4. The number of fused-ring (bicyclic) bond motifs is 1. The van der Waals surface area contributed by atoms with Crippen molar-refractivity contribution in [2.75, 3.05) is 39.3 Å². The van der Waals surface area contributed by atoms with Crippen LogP contribution >= 0.6 is 0 Å². The highest BCUT2D eigenvalue weighted by molar-refractivity contribution is 5.78. The molecule has 6 heteroatoms. The maximum absolute atomic E-state index is 12.0. The van der Waals surface area contributed by atoms with Gasteiger partial charge < -0.3 is 19.9 Å². The molecule has 3 rings (SSSR count). The standard InChI is InChI=1S/C16H23N5O/c22-16(18-5-3-8-20-10-6-17-7-11-20)12-14-13-21-9-2-1-4-15(21)19-14/h1-2,4,9,13,17H,3,5-8,10-12H2,(H,18,22). The zero-order chi connectivity index (χ0) is 15.2. The van der Waals surface area contributed by atoms with E-state index in [1.54, 1.807) is 0 Å². The van der Waals surface area contributed by atoms with Crippen LogP contribution in [0.2, 0.25) is 0 Å². The molecule has 118 valence electrons. The van der Waals surface area contributed by atoms with Gasteiger partial charge in [0.15, 0.2) is 0 Å². The third-order valence-corrected chi connectivity index (χ3v) is 3.94. The second kappa shape index (κ2) is 7.38. The number of rotatable bonds is 6. The number of aromatic nitrogens is 2. The van der Waals surface area contributed by atoms with Crippen molar-refractivity contribution in [1.29, 1.82) is 0 Å². The van der Waals surface area contributed by atoms with Gasteiger partial charge in [-0.25, -0.2) is 4.98 Å². The summed E-state index contributed by atoms with van der Waals surface area (Å²) in [4.78, 5) is 18.8. The molecule has 0 saturated carbocycles. The minimum atomic E-state index is 0.0451. The zero-order valence-corrected chi connectivity index (χ0v) is 12.8. The van der Waals surface area contributed by atoms with E-state index in [0.29, 0.717) is 6.42 Å². The summed E-state index contributed by atoms with van der Waals surface area (Å²) in [5.74, 6) is 0.0451. The Bertz CT molecular complexity index is 585. The van der Waals surface area contributed by atoms with E-state index >= 15 is 0 Å². The summed E-state index contributed by atoms with van der Waals surface area (Å²) >= 11 is 0. The molecule has 0 radical (unpaired) electrons. The molecule has 0 bridgehead atoms. The smallest absolute Gasteiger partial charge is 0.226 e. The fraction of sp³-hybridized carbons (Fsp3) is 0.500. The van der Waals surface area contributed by atoms with Gasteiger partial charge in [0.05, 0.1) is 12.1 Å². The van der Waals surface area contributed by atoms with Gasteiger partial charge >= 0.3 is 0 Å². The molecule has 1 saturated heterocycles. The number of nitrogens with one attached hydrogen (secondary N) is 2. The first kappa shape index (κ1) is 15.0. The van der Waals surface area contributed by atoms with Crippen LogP contribution in [0.25, 0.3) is 5.65 Å². The number of carbonyl (C=O) groups excluding carboxylic acids is 1. The number of piperazine rings is 1. The van der Waals surface area contributed by atoms with Gasteiger partial charge in [-0.15, -0.1) is 0 Å². The lowest BCUT2D eigenvalue weighted by atomic mass is 10.3. The van der Waals surface area contributed by atoms with E-state index in [0.717, 1.165) is 57.0 Å². The van der Waals surface area contributed by atoms with Crippen molar-refractivity contribution in [3.63, 3.8) is 0 Å². The van der Waals surface area contributed by atoms with Crippen LogP contribution in [-0.4, -0.2) is 59.5 Å². The fourth-order valence-electron chi connectivity index (χ4n) is 2.76. The largest absolute Gasteiger partial charge is 0.356 e. The molecular weight excluding hydrogens is 278 g/mol. The van der Waals surface area contributed by atoms with Gasteiger partial charge in [0.1, 0.15) is 5.65 Å². The molecule has 6 nitrogen and oxygen atoms in total. The van der Waals surface area contributed by atoms with Gasteiger partial charge in [0, 0.05) is 45.1 Å². The average molecular weight is 301 g/mol. The van der Waals surface area contributed by atoms with E-state index < -0.39 is 0 Å². The maximum atomic E-state index is 12.0. The summed E-state index contributed by atoms with van der Waals surface area (Å²) in [6.07, 6.45) is 5.19. The molecule has 0 unspecified atom stereocenters. The van der Waals surface area contributed by atoms with Crippen LogP contribution in [0, 0.1) is 0 Å². The molecule has 2 aromatic rings. The molecular formula is C16H23N5O. The Hall–Kier alpha value is -1.92. The SMILES string of the molecule is O=C(Cc1cn2ccccc2n1)NCCCN1CCNCC1. The molecule has 1 amide bonds. The van der Waals surface area contributed by atoms with Crippen LogP contribution in [0.5, 0.6) is 0 Å². The number of imidazole rings is 1. The van der Waals surface area contributed by atoms with Gasteiger partial charge in [-0.05, 0) is 25.1 Å². The van der Waals surface area contributed by atoms with E-state index in [4.69, 9.17) is 0 Å². The van der Waals surface area contributed by atoms with Crippen LogP contribution in [0.15, 0.2) is 30.6 Å². The predicted octanol–water partition coefficient (Wildman–Crippen LogP) is 0.288. The second-order valence-corrected chi connectivity index (χ2v) is 5.67. The van der Waals surface area contributed by atoms with Gasteiger partial charge in [-0.1, -0.05) is 6.07 Å². The molecule has 1 fully saturated rings. The molecule has 2 aromatic heterocycles. The van der Waals surface area contributed by atoms with Crippen molar-refractivity contribution >= 4 is 11.6 Å². The molecule has 1 aliphatic heterocycles. The van der Waals surface area contributed by atoms with Crippen LogP contribution < -0.4 is 10.6 Å². The van der Waals surface area contributed by atoms with E-state index in [2.05, 4.69) is 20.5 Å². The average Bonchev–Trinajstić information content (AvgIpc) is 2.94. The van der Waals surface area contributed by atoms with E-state index in [1.165, 1.54) is 0 Å². The third kappa shape index (κ3) is 4.05. The Kier molecular flexibility index (Phi) is 5.03. The third-order valence-electron chi connectivity index (χ3n) is 3.94. The molecule has 2 N–H and O–H groups in total. The molecule has 0 atom stereocenters. The zero-order valence-electron chi connectivity index (χ0n) is 12.8. The van der Waals surface area contributed by atoms with Crippen molar-refractivity contribution in [1.82, 2.24) is 24.9 Å². The lowest BCUT2D eigenvalue weighted by molar-refractivity contribution is -0.120. The number of carbonyl (C=O) groups is 1. The first-order valence-electron chi connectivity index (χ1n) is 7.94. The molecule has 0 aliphatic carbocycles. The first-order valence-corrected chi connectivity index (χ1v) is 7.94. The second-order valence-electron chi connectivity index (χ2n) is 5.67. The number of pyridine rings is 1. The van der Waals surface area contributed by atoms with Crippen LogP contribution in [0.1, 0.15) is 12.1 Å². The lowest BCUT2D eigenvalue weighted by Gasteiger charge is -2.27. The van der Waals surface area contributed by atoms with Crippen molar-refractivity contribution in [3.8, 4) is 0 Å². The van der Waals surface area contributed by atoms with Crippen LogP contribution in [0.4, 0.5) is 0 Å². The van der Waals surface area contributed by atoms with Crippen LogP contribution in [-0.2, 0) is 11.2 Å². The summed E-state index contributed by atoms with van der Waals surface area (Å²) < 4.78 is 1.94. The van der Waals surface area contributed by atoms with Crippen molar-refractivity contribution < 1.29 is 4.79 Å². The molecule has 0 spiro atoms. The summed E-state index contributed by atoms with van der Waals surface area (Å²) in [6, 6.07) is 5.84. The normalized spacial score (nSPS) is 16.0. The lowest BCUT2D eigenvalue weighted by Crippen LogP contribution is -2.44. The highest BCUT2D eigenvalue weighted by Gasteiger charge is 2.10. The number of amides is 1. The summed E-state index contributed by atoms with van der Waals surface area (Å²) in [6.45, 7) is 6.14. The summed E-state index contributed by atoms with van der Waals surface area (Å²) in [7, 11) is 0. The molecule has 1 aliphatic rings. The number of nitrogens with zero attached hydrogens (tertiary/aromatic N) is 3. The van der Waals surface area contributed by atoms with E-state index in [1.807, 2.05) is 35.0 Å². The van der Waals surface area contributed by atoms with Gasteiger partial charge in [0.25, 0.3) is 0 Å². The summed E-state index contributed by atoms with van der Waals surface area (Å²) in [5, 5.41) is 6.33. The minimum absolute atomic E-state index is 0.0451. The Labute approximate surface area is 130 Å². The predicted molar refractivity (Wildman–Crippen MR) is 85.8 cm³/mol. The maximum Gasteiger partial charge on any atom is 0.226 e. The van der Waals surface area contributed by atoms with E-state index in [9.17, 15) is 4.79 Å². The Balaban J connectivity index is 1.38. The van der Waals surface area contributed by atoms with Crippen molar-refractivity contribution in [2.24, 2.45) is 0 Å². The van der Waals surface area contributed by atoms with E-state index in [-0.39, 0.29) is 5.91 Å². The van der Waals surface area contributed by atoms with Gasteiger partial charge in [0.2, 0.25) is 5.91 Å². The Morgan fingerprint density at radius 1 is 1.32 bits per heavy atom. The molecule has 22 heavy (non-hydrogen) atoms. The first-order chi connectivity index (χ1) is 10.8. The van der Waals surface area contributed by atoms with Crippen LogP contribution in [0.3, 0.4) is 0 Å². The Morgan fingerprint density at radius 2 is 2.18 bits per heavy atom.